The van der Waals surface area contributed by atoms with Gasteiger partial charge in [0.25, 0.3) is 0 Å². The number of carbonyl (C=O) groups excluding carboxylic acids is 1. The second-order valence-corrected chi connectivity index (χ2v) is 6.93. The van der Waals surface area contributed by atoms with Gasteiger partial charge in [-0.25, -0.2) is 23.5 Å². The number of anilines is 5. The number of nitrogen functional groups attached to an aromatic ring is 1. The van der Waals surface area contributed by atoms with E-state index in [1.807, 2.05) is 13.8 Å². The molecular weight excluding hydrogens is 392 g/mol. The van der Waals surface area contributed by atoms with Gasteiger partial charge in [-0.3, -0.25) is 0 Å². The predicted octanol–water partition coefficient (Wildman–Crippen LogP) is 4.64. The third-order valence-electron chi connectivity index (χ3n) is 4.00. The van der Waals surface area contributed by atoms with Crippen molar-refractivity contribution in [2.75, 3.05) is 23.0 Å². The van der Waals surface area contributed by atoms with Crippen LogP contribution in [0.25, 0.3) is 0 Å². The number of esters is 1. The van der Waals surface area contributed by atoms with E-state index < -0.39 is 17.6 Å². The Labute approximate surface area is 172 Å². The first-order chi connectivity index (χ1) is 14.3. The molecular formula is C21H21F2N5O2. The van der Waals surface area contributed by atoms with Crippen molar-refractivity contribution in [3.05, 3.63) is 66.0 Å². The van der Waals surface area contributed by atoms with E-state index in [9.17, 15) is 13.6 Å². The smallest absolute Gasteiger partial charge is 0.338 e. The van der Waals surface area contributed by atoms with Gasteiger partial charge in [0.1, 0.15) is 23.6 Å². The number of rotatable bonds is 7. The predicted molar refractivity (Wildman–Crippen MR) is 111 cm³/mol. The van der Waals surface area contributed by atoms with Gasteiger partial charge in [0.2, 0.25) is 0 Å². The molecule has 0 fully saturated rings. The molecule has 0 aliphatic heterocycles. The van der Waals surface area contributed by atoms with Crippen LogP contribution in [0, 0.1) is 17.6 Å². The lowest BCUT2D eigenvalue weighted by atomic mass is 10.2. The first-order valence-corrected chi connectivity index (χ1v) is 9.20. The number of nitrogens with zero attached hydrogens (tertiary/aromatic N) is 2. The molecule has 0 amide bonds. The molecule has 0 bridgehead atoms. The monoisotopic (exact) mass is 413 g/mol. The number of nitrogens with one attached hydrogen (secondary N) is 2. The second-order valence-electron chi connectivity index (χ2n) is 6.93. The first-order valence-electron chi connectivity index (χ1n) is 9.20. The van der Waals surface area contributed by atoms with Crippen LogP contribution in [0.4, 0.5) is 37.5 Å². The Morgan fingerprint density at radius 3 is 2.37 bits per heavy atom. The molecule has 2 aromatic carbocycles. The molecule has 3 rings (SSSR count). The summed E-state index contributed by atoms with van der Waals surface area (Å²) < 4.78 is 32.1. The van der Waals surface area contributed by atoms with Crippen LogP contribution >= 0.6 is 0 Å². The maximum Gasteiger partial charge on any atom is 0.338 e. The van der Waals surface area contributed by atoms with Crippen molar-refractivity contribution in [2.24, 2.45) is 5.92 Å². The van der Waals surface area contributed by atoms with E-state index in [0.29, 0.717) is 17.9 Å². The molecule has 9 heteroatoms. The molecule has 7 nitrogen and oxygen atoms in total. The van der Waals surface area contributed by atoms with Crippen LogP contribution in [0.3, 0.4) is 0 Å². The Morgan fingerprint density at radius 1 is 1.07 bits per heavy atom. The molecule has 1 heterocycles. The van der Waals surface area contributed by atoms with Gasteiger partial charge in [0, 0.05) is 11.8 Å². The van der Waals surface area contributed by atoms with Crippen LogP contribution in [-0.2, 0) is 4.74 Å². The number of carbonyl (C=O) groups is 1. The third kappa shape index (κ3) is 5.19. The summed E-state index contributed by atoms with van der Waals surface area (Å²) in [5, 5.41) is 5.74. The van der Waals surface area contributed by atoms with Crippen molar-refractivity contribution in [1.82, 2.24) is 9.97 Å². The van der Waals surface area contributed by atoms with Gasteiger partial charge in [-0.1, -0.05) is 13.8 Å². The largest absolute Gasteiger partial charge is 0.462 e. The maximum atomic E-state index is 13.9. The van der Waals surface area contributed by atoms with E-state index in [4.69, 9.17) is 10.5 Å². The lowest BCUT2D eigenvalue weighted by molar-refractivity contribution is 0.0459. The van der Waals surface area contributed by atoms with Crippen molar-refractivity contribution in [3.63, 3.8) is 0 Å². The number of nitrogens with two attached hydrogens (primary N) is 1. The van der Waals surface area contributed by atoms with E-state index in [1.165, 1.54) is 12.4 Å². The fourth-order valence-corrected chi connectivity index (χ4v) is 2.47. The fraction of sp³-hybridized carbons (Fsp3) is 0.190. The SMILES string of the molecule is CC(C)COC(=O)c1ccc(Nc2ncnc(Nc3ccc(F)cc3F)c2N)cc1. The van der Waals surface area contributed by atoms with Gasteiger partial charge < -0.3 is 21.1 Å². The van der Waals surface area contributed by atoms with Gasteiger partial charge in [-0.05, 0) is 42.3 Å². The van der Waals surface area contributed by atoms with Gasteiger partial charge in [-0.15, -0.1) is 0 Å². The molecule has 0 aliphatic rings. The molecule has 3 aromatic rings. The number of benzene rings is 2. The molecule has 156 valence electrons. The van der Waals surface area contributed by atoms with Gasteiger partial charge in [0.15, 0.2) is 11.6 Å². The highest BCUT2D eigenvalue weighted by atomic mass is 19.1. The second kappa shape index (κ2) is 9.17. The Kier molecular flexibility index (Phi) is 6.41. The highest BCUT2D eigenvalue weighted by molar-refractivity contribution is 5.90. The molecule has 0 saturated heterocycles. The summed E-state index contributed by atoms with van der Waals surface area (Å²) in [6, 6.07) is 9.73. The summed E-state index contributed by atoms with van der Waals surface area (Å²) in [6.07, 6.45) is 1.25. The Hall–Kier alpha value is -3.75. The van der Waals surface area contributed by atoms with Gasteiger partial charge in [0.05, 0.1) is 17.9 Å². The molecule has 0 unspecified atom stereocenters. The van der Waals surface area contributed by atoms with E-state index in [0.717, 1.165) is 12.1 Å². The number of halogens is 2. The van der Waals surface area contributed by atoms with Crippen LogP contribution in [0.5, 0.6) is 0 Å². The Balaban J connectivity index is 1.73. The minimum absolute atomic E-state index is 0.0250. The number of hydrogen-bond acceptors (Lipinski definition) is 7. The molecule has 0 radical (unpaired) electrons. The summed E-state index contributed by atoms with van der Waals surface area (Å²) in [7, 11) is 0. The minimum atomic E-state index is -0.775. The van der Waals surface area contributed by atoms with Crippen molar-refractivity contribution in [3.8, 4) is 0 Å². The molecule has 0 saturated carbocycles. The van der Waals surface area contributed by atoms with Crippen molar-refractivity contribution < 1.29 is 18.3 Å². The van der Waals surface area contributed by atoms with E-state index in [1.54, 1.807) is 24.3 Å². The van der Waals surface area contributed by atoms with Crippen LogP contribution in [-0.4, -0.2) is 22.5 Å². The highest BCUT2D eigenvalue weighted by Gasteiger charge is 2.12. The van der Waals surface area contributed by atoms with Crippen LogP contribution in [0.1, 0.15) is 24.2 Å². The first kappa shape index (κ1) is 21.0. The lowest BCUT2D eigenvalue weighted by Gasteiger charge is -2.13. The summed E-state index contributed by atoms with van der Waals surface area (Å²) in [5.74, 6) is -1.17. The zero-order valence-electron chi connectivity index (χ0n) is 16.4. The average molecular weight is 413 g/mol. The zero-order chi connectivity index (χ0) is 21.7. The Morgan fingerprint density at radius 2 is 1.73 bits per heavy atom. The van der Waals surface area contributed by atoms with Crippen molar-refractivity contribution in [2.45, 2.75) is 13.8 Å². The van der Waals surface area contributed by atoms with Gasteiger partial charge >= 0.3 is 5.97 Å². The average Bonchev–Trinajstić information content (AvgIpc) is 2.71. The summed E-state index contributed by atoms with van der Waals surface area (Å²) in [6.45, 7) is 4.26. The summed E-state index contributed by atoms with van der Waals surface area (Å²) in [4.78, 5) is 20.1. The highest BCUT2D eigenvalue weighted by Crippen LogP contribution is 2.29. The molecule has 30 heavy (non-hydrogen) atoms. The Bertz CT molecular complexity index is 1040. The quantitative estimate of drug-likeness (QED) is 0.485. The summed E-state index contributed by atoms with van der Waals surface area (Å²) >= 11 is 0. The molecule has 0 spiro atoms. The zero-order valence-corrected chi connectivity index (χ0v) is 16.4. The van der Waals surface area contributed by atoms with E-state index >= 15 is 0 Å². The standard InChI is InChI=1S/C21H21F2N5O2/c1-12(2)10-30-21(29)13-3-6-15(7-4-13)27-19-18(24)20(26-11-25-19)28-17-8-5-14(22)9-16(17)23/h3-9,11-12H,10,24H2,1-2H3,(H2,25,26,27,28). The van der Waals surface area contributed by atoms with Gasteiger partial charge in [-0.2, -0.15) is 0 Å². The normalized spacial score (nSPS) is 10.7. The number of ether oxygens (including phenoxy) is 1. The van der Waals surface area contributed by atoms with E-state index in [-0.39, 0.29) is 28.9 Å². The lowest BCUT2D eigenvalue weighted by Crippen LogP contribution is -2.10. The van der Waals surface area contributed by atoms with E-state index in [2.05, 4.69) is 20.6 Å². The molecule has 0 atom stereocenters. The number of hydrogen-bond donors (Lipinski definition) is 3. The topological polar surface area (TPSA) is 102 Å². The van der Waals surface area contributed by atoms with Crippen molar-refractivity contribution >= 4 is 34.7 Å². The number of aromatic nitrogens is 2. The third-order valence-corrected chi connectivity index (χ3v) is 4.00. The minimum Gasteiger partial charge on any atom is -0.462 e. The van der Waals surface area contributed by atoms with Crippen LogP contribution in [0.2, 0.25) is 0 Å². The van der Waals surface area contributed by atoms with Crippen LogP contribution in [0.15, 0.2) is 48.8 Å². The molecule has 0 aliphatic carbocycles. The fourth-order valence-electron chi connectivity index (χ4n) is 2.47. The maximum absolute atomic E-state index is 13.9. The summed E-state index contributed by atoms with van der Waals surface area (Å²) in [5.41, 5.74) is 7.30. The van der Waals surface area contributed by atoms with Crippen molar-refractivity contribution in [1.29, 1.82) is 0 Å². The molecule has 1 aromatic heterocycles. The molecule has 4 N–H and O–H groups in total. The van der Waals surface area contributed by atoms with Crippen LogP contribution < -0.4 is 16.4 Å².